The third kappa shape index (κ3) is 4.80. The molecular weight excluding hydrogens is 396 g/mol. The molecule has 2 aromatic heterocycles. The summed E-state index contributed by atoms with van der Waals surface area (Å²) < 4.78 is 7.50. The summed E-state index contributed by atoms with van der Waals surface area (Å²) in [5, 5.41) is 12.3. The van der Waals surface area contributed by atoms with Crippen LogP contribution in [-0.2, 0) is 11.3 Å². The fourth-order valence-corrected chi connectivity index (χ4v) is 3.80. The van der Waals surface area contributed by atoms with Crippen LogP contribution in [-0.4, -0.2) is 26.4 Å². The van der Waals surface area contributed by atoms with E-state index in [0.29, 0.717) is 11.7 Å². The molecule has 0 fully saturated rings. The molecule has 0 aliphatic rings. The number of aryl methyl sites for hydroxylation is 2. The Morgan fingerprint density at radius 3 is 2.60 bits per heavy atom. The van der Waals surface area contributed by atoms with Gasteiger partial charge < -0.3 is 9.73 Å². The Morgan fingerprint density at radius 2 is 1.87 bits per heavy atom. The maximum atomic E-state index is 12.4. The van der Waals surface area contributed by atoms with Crippen molar-refractivity contribution in [3.05, 3.63) is 83.8 Å². The van der Waals surface area contributed by atoms with Gasteiger partial charge in [-0.25, -0.2) is 0 Å². The van der Waals surface area contributed by atoms with E-state index in [1.807, 2.05) is 79.1 Å². The van der Waals surface area contributed by atoms with E-state index in [-0.39, 0.29) is 11.7 Å². The highest BCUT2D eigenvalue weighted by Crippen LogP contribution is 2.26. The average molecular weight is 419 g/mol. The number of aromatic nitrogens is 3. The van der Waals surface area contributed by atoms with Gasteiger partial charge in [-0.15, -0.1) is 10.2 Å². The molecule has 0 bridgehead atoms. The highest BCUT2D eigenvalue weighted by molar-refractivity contribution is 7.99. The Morgan fingerprint density at radius 1 is 1.03 bits per heavy atom. The van der Waals surface area contributed by atoms with Gasteiger partial charge in [-0.3, -0.25) is 9.36 Å². The molecular formula is C23H22N4O2S. The quantitative estimate of drug-likeness (QED) is 0.431. The summed E-state index contributed by atoms with van der Waals surface area (Å²) in [6.45, 7) is 4.53. The molecule has 0 atom stereocenters. The lowest BCUT2D eigenvalue weighted by molar-refractivity contribution is -0.113. The molecule has 0 radical (unpaired) electrons. The molecule has 2 heterocycles. The maximum Gasteiger partial charge on any atom is 0.234 e. The zero-order valence-corrected chi connectivity index (χ0v) is 17.6. The molecule has 0 spiro atoms. The van der Waals surface area contributed by atoms with Gasteiger partial charge in [0.15, 0.2) is 11.0 Å². The fraction of sp³-hybridized carbons (Fsp3) is 0.174. The molecule has 0 saturated carbocycles. The number of anilines is 1. The highest BCUT2D eigenvalue weighted by Gasteiger charge is 2.17. The largest absolute Gasteiger partial charge is 0.467 e. The monoisotopic (exact) mass is 418 g/mol. The minimum atomic E-state index is -0.0879. The van der Waals surface area contributed by atoms with E-state index in [0.717, 1.165) is 28.4 Å². The van der Waals surface area contributed by atoms with Gasteiger partial charge in [0.05, 0.1) is 18.6 Å². The molecule has 2 aromatic carbocycles. The first kappa shape index (κ1) is 20.0. The summed E-state index contributed by atoms with van der Waals surface area (Å²) in [5.74, 6) is 1.69. The Bertz CT molecular complexity index is 1130. The van der Waals surface area contributed by atoms with E-state index in [4.69, 9.17) is 4.42 Å². The third-order valence-electron chi connectivity index (χ3n) is 4.55. The third-order valence-corrected chi connectivity index (χ3v) is 5.52. The lowest BCUT2D eigenvalue weighted by atomic mass is 10.1. The lowest BCUT2D eigenvalue weighted by Crippen LogP contribution is -2.15. The van der Waals surface area contributed by atoms with Crippen molar-refractivity contribution in [1.82, 2.24) is 14.8 Å². The van der Waals surface area contributed by atoms with Crippen molar-refractivity contribution < 1.29 is 9.21 Å². The Hall–Kier alpha value is -3.32. The second-order valence-electron chi connectivity index (χ2n) is 7.04. The van der Waals surface area contributed by atoms with Gasteiger partial charge in [0.1, 0.15) is 5.76 Å². The van der Waals surface area contributed by atoms with Gasteiger partial charge in [-0.2, -0.15) is 0 Å². The van der Waals surface area contributed by atoms with E-state index < -0.39 is 0 Å². The number of carbonyl (C=O) groups excluding carboxylic acids is 1. The minimum absolute atomic E-state index is 0.0879. The predicted octanol–water partition coefficient (Wildman–Crippen LogP) is 4.93. The van der Waals surface area contributed by atoms with Gasteiger partial charge in [-0.1, -0.05) is 53.7 Å². The molecule has 30 heavy (non-hydrogen) atoms. The van der Waals surface area contributed by atoms with Crippen molar-refractivity contribution in [3.8, 4) is 11.4 Å². The van der Waals surface area contributed by atoms with Crippen LogP contribution in [0.1, 0.15) is 16.9 Å². The van der Waals surface area contributed by atoms with Crippen molar-refractivity contribution in [2.75, 3.05) is 11.1 Å². The first-order chi connectivity index (χ1) is 14.6. The summed E-state index contributed by atoms with van der Waals surface area (Å²) >= 11 is 1.35. The second kappa shape index (κ2) is 9.00. The SMILES string of the molecule is Cc1ccc(-c2nnc(SCC(=O)Nc3cccc(C)c3)n2Cc2ccco2)cc1. The van der Waals surface area contributed by atoms with Crippen LogP contribution < -0.4 is 5.32 Å². The molecule has 6 nitrogen and oxygen atoms in total. The van der Waals surface area contributed by atoms with E-state index in [1.165, 1.54) is 17.3 Å². The molecule has 4 aromatic rings. The van der Waals surface area contributed by atoms with Gasteiger partial charge in [0.2, 0.25) is 5.91 Å². The van der Waals surface area contributed by atoms with Crippen LogP contribution in [0.2, 0.25) is 0 Å². The average Bonchev–Trinajstić information content (AvgIpc) is 3.38. The van der Waals surface area contributed by atoms with E-state index in [9.17, 15) is 4.79 Å². The maximum absolute atomic E-state index is 12.4. The highest BCUT2D eigenvalue weighted by atomic mass is 32.2. The summed E-state index contributed by atoms with van der Waals surface area (Å²) in [6, 6.07) is 19.6. The summed E-state index contributed by atoms with van der Waals surface area (Å²) in [7, 11) is 0. The zero-order valence-electron chi connectivity index (χ0n) is 16.8. The van der Waals surface area contributed by atoms with Gasteiger partial charge in [0, 0.05) is 11.3 Å². The molecule has 0 aliphatic heterocycles. The van der Waals surface area contributed by atoms with E-state index >= 15 is 0 Å². The number of nitrogens with zero attached hydrogens (tertiary/aromatic N) is 3. The van der Waals surface area contributed by atoms with Crippen LogP contribution in [0.4, 0.5) is 5.69 Å². The minimum Gasteiger partial charge on any atom is -0.467 e. The van der Waals surface area contributed by atoms with Crippen molar-refractivity contribution >= 4 is 23.4 Å². The summed E-state index contributed by atoms with van der Waals surface area (Å²) in [6.07, 6.45) is 1.65. The molecule has 7 heteroatoms. The molecule has 0 saturated heterocycles. The van der Waals surface area contributed by atoms with Gasteiger partial charge in [-0.05, 0) is 43.7 Å². The Balaban J connectivity index is 1.53. The van der Waals surface area contributed by atoms with Crippen LogP contribution >= 0.6 is 11.8 Å². The number of carbonyl (C=O) groups is 1. The number of amides is 1. The number of hydrogen-bond acceptors (Lipinski definition) is 5. The number of benzene rings is 2. The van der Waals surface area contributed by atoms with Crippen LogP contribution in [0.3, 0.4) is 0 Å². The summed E-state index contributed by atoms with van der Waals surface area (Å²) in [4.78, 5) is 12.4. The van der Waals surface area contributed by atoms with Crippen LogP contribution in [0, 0.1) is 13.8 Å². The van der Waals surface area contributed by atoms with Crippen molar-refractivity contribution in [3.63, 3.8) is 0 Å². The van der Waals surface area contributed by atoms with Crippen molar-refractivity contribution in [2.45, 2.75) is 25.5 Å². The number of thioether (sulfide) groups is 1. The first-order valence-electron chi connectivity index (χ1n) is 9.60. The lowest BCUT2D eigenvalue weighted by Gasteiger charge is -2.09. The predicted molar refractivity (Wildman–Crippen MR) is 119 cm³/mol. The fourth-order valence-electron chi connectivity index (χ4n) is 3.06. The van der Waals surface area contributed by atoms with Gasteiger partial charge in [0.25, 0.3) is 0 Å². The second-order valence-corrected chi connectivity index (χ2v) is 7.99. The van der Waals surface area contributed by atoms with Crippen molar-refractivity contribution in [1.29, 1.82) is 0 Å². The van der Waals surface area contributed by atoms with E-state index in [1.54, 1.807) is 6.26 Å². The first-order valence-corrected chi connectivity index (χ1v) is 10.6. The summed E-state index contributed by atoms with van der Waals surface area (Å²) in [5.41, 5.74) is 4.04. The number of nitrogens with one attached hydrogen (secondary N) is 1. The molecule has 1 amide bonds. The molecule has 4 rings (SSSR count). The molecule has 0 unspecified atom stereocenters. The number of furan rings is 1. The standard InChI is InChI=1S/C23H22N4O2S/c1-16-8-10-18(11-9-16)22-25-26-23(27(22)14-20-7-4-12-29-20)30-15-21(28)24-19-6-3-5-17(2)13-19/h3-13H,14-15H2,1-2H3,(H,24,28). The number of hydrogen-bond donors (Lipinski definition) is 1. The van der Waals surface area contributed by atoms with Crippen LogP contribution in [0.5, 0.6) is 0 Å². The van der Waals surface area contributed by atoms with Crippen LogP contribution in [0.15, 0.2) is 76.5 Å². The normalized spacial score (nSPS) is 10.9. The molecule has 0 aliphatic carbocycles. The van der Waals surface area contributed by atoms with E-state index in [2.05, 4.69) is 15.5 Å². The zero-order chi connectivity index (χ0) is 20.9. The smallest absolute Gasteiger partial charge is 0.234 e. The number of rotatable bonds is 7. The topological polar surface area (TPSA) is 73.0 Å². The molecule has 152 valence electrons. The van der Waals surface area contributed by atoms with Gasteiger partial charge >= 0.3 is 0 Å². The molecule has 1 N–H and O–H groups in total. The Kier molecular flexibility index (Phi) is 5.99. The van der Waals surface area contributed by atoms with Crippen LogP contribution in [0.25, 0.3) is 11.4 Å². The Labute approximate surface area is 179 Å². The van der Waals surface area contributed by atoms with Crippen molar-refractivity contribution in [2.24, 2.45) is 0 Å².